The Morgan fingerprint density at radius 1 is 1.15 bits per heavy atom. The smallest absolute Gasteiger partial charge is 0.251 e. The van der Waals surface area contributed by atoms with Crippen LogP contribution in [0.15, 0.2) is 46.9 Å². The maximum Gasteiger partial charge on any atom is 0.251 e. The molecule has 6 nitrogen and oxygen atoms in total. The van der Waals surface area contributed by atoms with Gasteiger partial charge < -0.3 is 15.1 Å². The molecule has 1 aromatic heterocycles. The van der Waals surface area contributed by atoms with Crippen LogP contribution in [0, 0.1) is 6.92 Å². The fourth-order valence-corrected chi connectivity index (χ4v) is 2.62. The maximum atomic E-state index is 12.0. The first-order chi connectivity index (χ1) is 12.5. The van der Waals surface area contributed by atoms with Crippen molar-refractivity contribution in [3.8, 4) is 0 Å². The Hall–Kier alpha value is -2.86. The van der Waals surface area contributed by atoms with Crippen LogP contribution in [0.5, 0.6) is 0 Å². The van der Waals surface area contributed by atoms with E-state index >= 15 is 0 Å². The zero-order chi connectivity index (χ0) is 18.5. The van der Waals surface area contributed by atoms with Crippen molar-refractivity contribution in [2.24, 2.45) is 0 Å². The van der Waals surface area contributed by atoms with Gasteiger partial charge >= 0.3 is 0 Å². The molecule has 0 spiro atoms. The SMILES string of the molecule is Cc1nc2cc(NC(=O)CCCNC(=O)c3ccc(Cl)cc3)ccc2o1. The topological polar surface area (TPSA) is 84.2 Å². The summed E-state index contributed by atoms with van der Waals surface area (Å²) >= 11 is 5.79. The van der Waals surface area contributed by atoms with Crippen LogP contribution >= 0.6 is 11.6 Å². The van der Waals surface area contributed by atoms with Gasteiger partial charge in [0.25, 0.3) is 5.91 Å². The Morgan fingerprint density at radius 3 is 2.69 bits per heavy atom. The van der Waals surface area contributed by atoms with E-state index in [4.69, 9.17) is 16.0 Å². The van der Waals surface area contributed by atoms with Crippen LogP contribution < -0.4 is 10.6 Å². The summed E-state index contributed by atoms with van der Waals surface area (Å²) in [6.07, 6.45) is 0.841. The normalized spacial score (nSPS) is 10.7. The van der Waals surface area contributed by atoms with Gasteiger partial charge in [-0.2, -0.15) is 0 Å². The summed E-state index contributed by atoms with van der Waals surface area (Å²) in [4.78, 5) is 28.2. The molecule has 2 aromatic carbocycles. The molecule has 1 heterocycles. The van der Waals surface area contributed by atoms with E-state index in [2.05, 4.69) is 15.6 Å². The molecular formula is C19H18ClN3O3. The standard InChI is InChI=1S/C19H18ClN3O3/c1-12-22-16-11-15(8-9-17(16)26-12)23-18(24)3-2-10-21-19(25)13-4-6-14(20)7-5-13/h4-9,11H,2-3,10H2,1H3,(H,21,25)(H,23,24). The predicted molar refractivity (Wildman–Crippen MR) is 100 cm³/mol. The van der Waals surface area contributed by atoms with E-state index in [9.17, 15) is 9.59 Å². The molecule has 0 aliphatic carbocycles. The Bertz CT molecular complexity index is 935. The number of hydrogen-bond donors (Lipinski definition) is 2. The Labute approximate surface area is 155 Å². The highest BCUT2D eigenvalue weighted by atomic mass is 35.5. The molecule has 3 aromatic rings. The second kappa shape index (κ2) is 8.01. The Balaban J connectivity index is 1.43. The zero-order valence-corrected chi connectivity index (χ0v) is 15.0. The van der Waals surface area contributed by atoms with Gasteiger partial charge in [-0.1, -0.05) is 11.6 Å². The number of anilines is 1. The fraction of sp³-hybridized carbons (Fsp3) is 0.211. The average molecular weight is 372 g/mol. The van der Waals surface area contributed by atoms with E-state index in [1.165, 1.54) is 0 Å². The number of aromatic nitrogens is 1. The summed E-state index contributed by atoms with van der Waals surface area (Å²) in [5.74, 6) is 0.277. The van der Waals surface area contributed by atoms with Crippen molar-refractivity contribution in [3.63, 3.8) is 0 Å². The lowest BCUT2D eigenvalue weighted by molar-refractivity contribution is -0.116. The molecular weight excluding hydrogens is 354 g/mol. The molecule has 0 radical (unpaired) electrons. The highest BCUT2D eigenvalue weighted by Gasteiger charge is 2.08. The minimum atomic E-state index is -0.186. The highest BCUT2D eigenvalue weighted by molar-refractivity contribution is 6.30. The molecule has 26 heavy (non-hydrogen) atoms. The summed E-state index contributed by atoms with van der Waals surface area (Å²) in [5, 5.41) is 6.18. The summed E-state index contributed by atoms with van der Waals surface area (Å²) in [6.45, 7) is 2.19. The largest absolute Gasteiger partial charge is 0.441 e. The van der Waals surface area contributed by atoms with Crippen LogP contribution in [-0.4, -0.2) is 23.3 Å². The molecule has 7 heteroatoms. The first-order valence-electron chi connectivity index (χ1n) is 8.22. The Kier molecular flexibility index (Phi) is 5.53. The lowest BCUT2D eigenvalue weighted by Crippen LogP contribution is -2.25. The van der Waals surface area contributed by atoms with E-state index in [1.807, 2.05) is 0 Å². The average Bonchev–Trinajstić information content (AvgIpc) is 2.98. The van der Waals surface area contributed by atoms with Crippen LogP contribution in [0.4, 0.5) is 5.69 Å². The number of aryl methyl sites for hydroxylation is 1. The van der Waals surface area contributed by atoms with Crippen molar-refractivity contribution in [3.05, 3.63) is 58.9 Å². The quantitative estimate of drug-likeness (QED) is 0.643. The van der Waals surface area contributed by atoms with E-state index < -0.39 is 0 Å². The van der Waals surface area contributed by atoms with Gasteiger partial charge in [-0.3, -0.25) is 9.59 Å². The van der Waals surface area contributed by atoms with Crippen molar-refractivity contribution in [2.75, 3.05) is 11.9 Å². The number of amides is 2. The molecule has 0 saturated heterocycles. The van der Waals surface area contributed by atoms with Crippen LogP contribution in [0.25, 0.3) is 11.1 Å². The molecule has 2 N–H and O–H groups in total. The molecule has 0 aliphatic rings. The minimum absolute atomic E-state index is 0.120. The van der Waals surface area contributed by atoms with Crippen molar-refractivity contribution >= 4 is 40.2 Å². The van der Waals surface area contributed by atoms with E-state index in [0.717, 1.165) is 0 Å². The van der Waals surface area contributed by atoms with Gasteiger partial charge in [-0.05, 0) is 48.9 Å². The van der Waals surface area contributed by atoms with Crippen molar-refractivity contribution in [1.29, 1.82) is 0 Å². The number of fused-ring (bicyclic) bond motifs is 1. The summed E-state index contributed by atoms with van der Waals surface area (Å²) in [7, 11) is 0. The number of halogens is 1. The van der Waals surface area contributed by atoms with Crippen LogP contribution in [0.3, 0.4) is 0 Å². The molecule has 0 bridgehead atoms. The summed E-state index contributed by atoms with van der Waals surface area (Å²) in [5.41, 5.74) is 2.59. The second-order valence-corrected chi connectivity index (χ2v) is 6.27. The van der Waals surface area contributed by atoms with E-state index in [-0.39, 0.29) is 11.8 Å². The van der Waals surface area contributed by atoms with Gasteiger partial charge in [-0.15, -0.1) is 0 Å². The molecule has 0 atom stereocenters. The zero-order valence-electron chi connectivity index (χ0n) is 14.2. The Morgan fingerprint density at radius 2 is 1.92 bits per heavy atom. The molecule has 134 valence electrons. The van der Waals surface area contributed by atoms with Gasteiger partial charge in [0.15, 0.2) is 11.5 Å². The number of rotatable bonds is 6. The lowest BCUT2D eigenvalue weighted by Gasteiger charge is -2.07. The number of carbonyl (C=O) groups excluding carboxylic acids is 2. The summed E-state index contributed by atoms with van der Waals surface area (Å²) < 4.78 is 5.40. The first-order valence-corrected chi connectivity index (χ1v) is 8.60. The molecule has 0 aliphatic heterocycles. The molecule has 3 rings (SSSR count). The monoisotopic (exact) mass is 371 g/mol. The van der Waals surface area contributed by atoms with E-state index in [1.54, 1.807) is 49.4 Å². The predicted octanol–water partition coefficient (Wildman–Crippen LogP) is 3.94. The maximum absolute atomic E-state index is 12.0. The van der Waals surface area contributed by atoms with E-state index in [0.29, 0.717) is 52.7 Å². The third kappa shape index (κ3) is 4.61. The summed E-state index contributed by atoms with van der Waals surface area (Å²) in [6, 6.07) is 12.0. The number of carbonyl (C=O) groups is 2. The number of hydrogen-bond acceptors (Lipinski definition) is 4. The fourth-order valence-electron chi connectivity index (χ4n) is 2.50. The highest BCUT2D eigenvalue weighted by Crippen LogP contribution is 2.19. The van der Waals surface area contributed by atoms with Crippen LogP contribution in [-0.2, 0) is 4.79 Å². The number of benzene rings is 2. The third-order valence-electron chi connectivity index (χ3n) is 3.75. The molecule has 0 unspecified atom stereocenters. The first kappa shape index (κ1) is 17.9. The molecule has 0 saturated carbocycles. The third-order valence-corrected chi connectivity index (χ3v) is 4.00. The second-order valence-electron chi connectivity index (χ2n) is 5.83. The lowest BCUT2D eigenvalue weighted by atomic mass is 10.2. The van der Waals surface area contributed by atoms with Crippen molar-refractivity contribution < 1.29 is 14.0 Å². The van der Waals surface area contributed by atoms with Gasteiger partial charge in [0.05, 0.1) is 0 Å². The number of oxazole rings is 1. The van der Waals surface area contributed by atoms with Crippen LogP contribution in [0.2, 0.25) is 5.02 Å². The van der Waals surface area contributed by atoms with Crippen molar-refractivity contribution in [1.82, 2.24) is 10.3 Å². The number of nitrogens with one attached hydrogen (secondary N) is 2. The van der Waals surface area contributed by atoms with Gasteiger partial charge in [0, 0.05) is 36.2 Å². The molecule has 2 amide bonds. The van der Waals surface area contributed by atoms with Gasteiger partial charge in [-0.25, -0.2) is 4.98 Å². The minimum Gasteiger partial charge on any atom is -0.441 e. The van der Waals surface area contributed by atoms with Gasteiger partial charge in [0.1, 0.15) is 5.52 Å². The van der Waals surface area contributed by atoms with Gasteiger partial charge in [0.2, 0.25) is 5.91 Å². The number of nitrogens with zero attached hydrogens (tertiary/aromatic N) is 1. The van der Waals surface area contributed by atoms with Crippen LogP contribution in [0.1, 0.15) is 29.1 Å². The molecule has 0 fully saturated rings. The van der Waals surface area contributed by atoms with Crippen molar-refractivity contribution in [2.45, 2.75) is 19.8 Å².